The molecule has 0 radical (unpaired) electrons. The Bertz CT molecular complexity index is 795. The van der Waals surface area contributed by atoms with Crippen molar-refractivity contribution in [2.24, 2.45) is 5.92 Å². The molecule has 1 fully saturated rings. The third kappa shape index (κ3) is 5.90. The van der Waals surface area contributed by atoms with Gasteiger partial charge in [-0.3, -0.25) is 14.9 Å². The zero-order valence-corrected chi connectivity index (χ0v) is 17.3. The van der Waals surface area contributed by atoms with E-state index in [-0.39, 0.29) is 18.2 Å². The van der Waals surface area contributed by atoms with Crippen molar-refractivity contribution in [3.63, 3.8) is 0 Å². The molecule has 7 nitrogen and oxygen atoms in total. The average Bonchev–Trinajstić information content (AvgIpc) is 3.29. The Kier molecular flexibility index (Phi) is 7.22. The standard InChI is InChI=1S/C20H28N4O3S/c1-14(12-24-7-4-3-5-8-24)11-21-18(25)10-16-13-28-20(22-16)23-19(26)17-6-9-27-15(17)2/h6,9,13-14H,3-5,7-8,10-12H2,1-2H3,(H,21,25)(H,22,23,26). The van der Waals surface area contributed by atoms with E-state index in [2.05, 4.69) is 27.4 Å². The zero-order valence-electron chi connectivity index (χ0n) is 16.5. The van der Waals surface area contributed by atoms with Gasteiger partial charge in [-0.25, -0.2) is 4.98 Å². The summed E-state index contributed by atoms with van der Waals surface area (Å²) in [6, 6.07) is 1.62. The van der Waals surface area contributed by atoms with Gasteiger partial charge in [0.15, 0.2) is 5.13 Å². The molecular formula is C20H28N4O3S. The normalized spacial score (nSPS) is 15.9. The molecule has 3 heterocycles. The van der Waals surface area contributed by atoms with Crippen molar-refractivity contribution in [2.75, 3.05) is 31.5 Å². The van der Waals surface area contributed by atoms with Crippen molar-refractivity contribution in [3.05, 3.63) is 34.7 Å². The summed E-state index contributed by atoms with van der Waals surface area (Å²) < 4.78 is 5.14. The van der Waals surface area contributed by atoms with Crippen molar-refractivity contribution in [1.82, 2.24) is 15.2 Å². The number of amides is 2. The Morgan fingerprint density at radius 1 is 1.32 bits per heavy atom. The molecule has 8 heteroatoms. The maximum Gasteiger partial charge on any atom is 0.260 e. The van der Waals surface area contributed by atoms with Crippen molar-refractivity contribution in [3.8, 4) is 0 Å². The highest BCUT2D eigenvalue weighted by atomic mass is 32.1. The van der Waals surface area contributed by atoms with Crippen LogP contribution >= 0.6 is 11.3 Å². The molecule has 2 amide bonds. The summed E-state index contributed by atoms with van der Waals surface area (Å²) in [6.45, 7) is 7.94. The molecular weight excluding hydrogens is 376 g/mol. The number of aromatic nitrogens is 1. The van der Waals surface area contributed by atoms with Crippen LogP contribution in [0.2, 0.25) is 0 Å². The highest BCUT2D eigenvalue weighted by Gasteiger charge is 2.16. The largest absolute Gasteiger partial charge is 0.469 e. The van der Waals surface area contributed by atoms with Crippen molar-refractivity contribution in [2.45, 2.75) is 39.5 Å². The van der Waals surface area contributed by atoms with E-state index in [0.29, 0.717) is 34.6 Å². The van der Waals surface area contributed by atoms with Gasteiger partial charge < -0.3 is 14.6 Å². The second-order valence-corrected chi connectivity index (χ2v) is 8.29. The molecule has 1 aliphatic rings. The first-order valence-electron chi connectivity index (χ1n) is 9.80. The number of aryl methyl sites for hydroxylation is 1. The molecule has 1 saturated heterocycles. The van der Waals surface area contributed by atoms with Crippen LogP contribution in [-0.2, 0) is 11.2 Å². The van der Waals surface area contributed by atoms with E-state index in [1.807, 2.05) is 0 Å². The number of nitrogens with one attached hydrogen (secondary N) is 2. The summed E-state index contributed by atoms with van der Waals surface area (Å²) in [4.78, 5) is 31.2. The monoisotopic (exact) mass is 404 g/mol. The van der Waals surface area contributed by atoms with Crippen molar-refractivity contribution in [1.29, 1.82) is 0 Å². The van der Waals surface area contributed by atoms with E-state index in [9.17, 15) is 9.59 Å². The molecule has 1 atom stereocenters. The molecule has 2 N–H and O–H groups in total. The molecule has 2 aromatic heterocycles. The second kappa shape index (κ2) is 9.84. The van der Waals surface area contributed by atoms with Gasteiger partial charge in [0, 0.05) is 18.5 Å². The van der Waals surface area contributed by atoms with Gasteiger partial charge in [-0.2, -0.15) is 0 Å². The molecule has 28 heavy (non-hydrogen) atoms. The number of piperidine rings is 1. The minimum Gasteiger partial charge on any atom is -0.469 e. The van der Waals surface area contributed by atoms with Gasteiger partial charge in [0.1, 0.15) is 5.76 Å². The Balaban J connectivity index is 1.41. The third-order valence-electron chi connectivity index (χ3n) is 4.88. The SMILES string of the molecule is Cc1occc1C(=O)Nc1nc(CC(=O)NCC(C)CN2CCCCC2)cs1. The van der Waals surface area contributed by atoms with Crippen LogP contribution in [0, 0.1) is 12.8 Å². The second-order valence-electron chi connectivity index (χ2n) is 7.44. The Labute approximate surface area is 169 Å². The van der Waals surface area contributed by atoms with Crippen LogP contribution in [0.25, 0.3) is 0 Å². The summed E-state index contributed by atoms with van der Waals surface area (Å²) in [5.74, 6) is 0.681. The number of carbonyl (C=O) groups excluding carboxylic acids is 2. The third-order valence-corrected chi connectivity index (χ3v) is 5.69. The van der Waals surface area contributed by atoms with Crippen LogP contribution in [0.1, 0.15) is 48.0 Å². The molecule has 0 bridgehead atoms. The van der Waals surface area contributed by atoms with E-state index in [1.54, 1.807) is 18.4 Å². The van der Waals surface area contributed by atoms with Crippen LogP contribution in [0.3, 0.4) is 0 Å². The number of nitrogens with zero attached hydrogens (tertiary/aromatic N) is 2. The Morgan fingerprint density at radius 2 is 2.11 bits per heavy atom. The van der Waals surface area contributed by atoms with E-state index >= 15 is 0 Å². The summed E-state index contributed by atoms with van der Waals surface area (Å²) >= 11 is 1.31. The van der Waals surface area contributed by atoms with E-state index in [1.165, 1.54) is 50.0 Å². The molecule has 2 aromatic rings. The number of hydrogen-bond acceptors (Lipinski definition) is 6. The van der Waals surface area contributed by atoms with Gasteiger partial charge in [0.2, 0.25) is 5.91 Å². The Morgan fingerprint density at radius 3 is 2.82 bits per heavy atom. The smallest absolute Gasteiger partial charge is 0.260 e. The van der Waals surface area contributed by atoms with Crippen molar-refractivity contribution < 1.29 is 14.0 Å². The minimum absolute atomic E-state index is 0.0423. The number of hydrogen-bond donors (Lipinski definition) is 2. The number of furan rings is 1. The molecule has 3 rings (SSSR count). The lowest BCUT2D eigenvalue weighted by atomic mass is 10.1. The van der Waals surface area contributed by atoms with Crippen LogP contribution in [0.4, 0.5) is 5.13 Å². The van der Waals surface area contributed by atoms with Crippen LogP contribution in [0.15, 0.2) is 22.1 Å². The number of rotatable bonds is 8. The average molecular weight is 405 g/mol. The fraction of sp³-hybridized carbons (Fsp3) is 0.550. The van der Waals surface area contributed by atoms with E-state index in [4.69, 9.17) is 4.42 Å². The molecule has 0 aromatic carbocycles. The molecule has 0 spiro atoms. The molecule has 1 aliphatic heterocycles. The lowest BCUT2D eigenvalue weighted by Crippen LogP contribution is -2.38. The highest BCUT2D eigenvalue weighted by molar-refractivity contribution is 7.14. The first-order chi connectivity index (χ1) is 13.5. The van der Waals surface area contributed by atoms with Gasteiger partial charge in [0.25, 0.3) is 5.91 Å². The number of carbonyl (C=O) groups is 2. The number of thiazole rings is 1. The minimum atomic E-state index is -0.261. The first kappa shape index (κ1) is 20.5. The first-order valence-corrected chi connectivity index (χ1v) is 10.7. The summed E-state index contributed by atoms with van der Waals surface area (Å²) in [6.07, 6.45) is 5.59. The van der Waals surface area contributed by atoms with Gasteiger partial charge in [-0.15, -0.1) is 11.3 Å². The van der Waals surface area contributed by atoms with Gasteiger partial charge in [0.05, 0.1) is 23.9 Å². The molecule has 1 unspecified atom stereocenters. The predicted molar refractivity (Wildman–Crippen MR) is 110 cm³/mol. The maximum absolute atomic E-state index is 12.2. The van der Waals surface area contributed by atoms with Gasteiger partial charge in [-0.05, 0) is 44.8 Å². The molecule has 0 aliphatic carbocycles. The maximum atomic E-state index is 12.2. The Hall–Kier alpha value is -2.19. The molecule has 0 saturated carbocycles. The quantitative estimate of drug-likeness (QED) is 0.706. The number of anilines is 1. The molecule has 152 valence electrons. The highest BCUT2D eigenvalue weighted by Crippen LogP contribution is 2.18. The summed E-state index contributed by atoms with van der Waals surface area (Å²) in [5, 5.41) is 8.02. The van der Waals surface area contributed by atoms with Crippen LogP contribution in [0.5, 0.6) is 0 Å². The lowest BCUT2D eigenvalue weighted by Gasteiger charge is -2.29. The predicted octanol–water partition coefficient (Wildman–Crippen LogP) is 3.08. The van der Waals surface area contributed by atoms with Gasteiger partial charge in [-0.1, -0.05) is 13.3 Å². The number of likely N-dealkylation sites (tertiary alicyclic amines) is 1. The zero-order chi connectivity index (χ0) is 19.9. The van der Waals surface area contributed by atoms with E-state index < -0.39 is 0 Å². The fourth-order valence-electron chi connectivity index (χ4n) is 3.39. The van der Waals surface area contributed by atoms with Crippen LogP contribution < -0.4 is 10.6 Å². The summed E-state index contributed by atoms with van der Waals surface area (Å²) in [7, 11) is 0. The lowest BCUT2D eigenvalue weighted by molar-refractivity contribution is -0.120. The van der Waals surface area contributed by atoms with Crippen molar-refractivity contribution >= 4 is 28.3 Å². The summed E-state index contributed by atoms with van der Waals surface area (Å²) in [5.41, 5.74) is 1.14. The van der Waals surface area contributed by atoms with E-state index in [0.717, 1.165) is 6.54 Å². The fourth-order valence-corrected chi connectivity index (χ4v) is 4.10. The van der Waals surface area contributed by atoms with Gasteiger partial charge >= 0.3 is 0 Å². The topological polar surface area (TPSA) is 87.5 Å². The van der Waals surface area contributed by atoms with Crippen LogP contribution in [-0.4, -0.2) is 47.9 Å².